The van der Waals surface area contributed by atoms with E-state index in [1.54, 1.807) is 0 Å². The Kier molecular flexibility index (Phi) is 3.93. The average molecular weight is 209 g/mol. The lowest BCUT2D eigenvalue weighted by Gasteiger charge is -2.04. The first-order valence-electron chi connectivity index (χ1n) is 4.38. The largest absolute Gasteiger partial charge is 0.494 e. The molecule has 0 saturated carbocycles. The molecule has 0 amide bonds. The van der Waals surface area contributed by atoms with Crippen molar-refractivity contribution in [2.45, 2.75) is 6.42 Å². The van der Waals surface area contributed by atoms with Crippen LogP contribution in [0.1, 0.15) is 16.8 Å². The molecule has 1 aromatic rings. The van der Waals surface area contributed by atoms with Crippen LogP contribution in [0, 0.1) is 4.91 Å². The summed E-state index contributed by atoms with van der Waals surface area (Å²) >= 11 is 0. The monoisotopic (exact) mass is 209 g/mol. The van der Waals surface area contributed by atoms with Crippen molar-refractivity contribution in [2.75, 3.05) is 13.7 Å². The van der Waals surface area contributed by atoms with E-state index in [0.717, 1.165) is 0 Å². The molecule has 0 radical (unpaired) electrons. The first-order valence-corrected chi connectivity index (χ1v) is 4.38. The minimum atomic E-state index is -0.201. The standard InChI is InChI=1S/C10H11NO4/c1-15-10-6-7(9(13)4-5-12)2-3-8(10)11-14/h2-3,6,12H,4-5H2,1H3. The summed E-state index contributed by atoms with van der Waals surface area (Å²) in [5.41, 5.74) is 0.548. The van der Waals surface area contributed by atoms with E-state index >= 15 is 0 Å². The van der Waals surface area contributed by atoms with Gasteiger partial charge in [-0.3, -0.25) is 4.79 Å². The third-order valence-corrected chi connectivity index (χ3v) is 1.94. The van der Waals surface area contributed by atoms with Crippen molar-refractivity contribution in [3.63, 3.8) is 0 Å². The van der Waals surface area contributed by atoms with Crippen molar-refractivity contribution in [2.24, 2.45) is 5.18 Å². The molecule has 0 spiro atoms. The van der Waals surface area contributed by atoms with E-state index in [-0.39, 0.29) is 30.2 Å². The van der Waals surface area contributed by atoms with Crippen LogP contribution in [0.3, 0.4) is 0 Å². The second kappa shape index (κ2) is 5.21. The van der Waals surface area contributed by atoms with E-state index in [4.69, 9.17) is 9.84 Å². The quantitative estimate of drug-likeness (QED) is 0.591. The lowest BCUT2D eigenvalue weighted by molar-refractivity contribution is 0.0956. The minimum Gasteiger partial charge on any atom is -0.494 e. The van der Waals surface area contributed by atoms with Crippen LogP contribution in [0.5, 0.6) is 5.75 Å². The predicted octanol–water partition coefficient (Wildman–Crippen LogP) is 1.66. The van der Waals surface area contributed by atoms with Crippen molar-refractivity contribution >= 4 is 11.5 Å². The van der Waals surface area contributed by atoms with Crippen molar-refractivity contribution in [3.8, 4) is 5.75 Å². The number of carbonyl (C=O) groups excluding carboxylic acids is 1. The van der Waals surface area contributed by atoms with Crippen molar-refractivity contribution in [1.29, 1.82) is 0 Å². The Balaban J connectivity index is 3.02. The molecule has 80 valence electrons. The van der Waals surface area contributed by atoms with Gasteiger partial charge >= 0.3 is 0 Å². The number of aliphatic hydroxyl groups is 1. The number of Topliss-reactive ketones (excluding diaryl/α,β-unsaturated/α-hetero) is 1. The molecule has 0 aromatic heterocycles. The van der Waals surface area contributed by atoms with Gasteiger partial charge in [-0.1, -0.05) is 0 Å². The summed E-state index contributed by atoms with van der Waals surface area (Å²) in [4.78, 5) is 21.7. The fourth-order valence-corrected chi connectivity index (χ4v) is 1.17. The van der Waals surface area contributed by atoms with E-state index < -0.39 is 0 Å². The number of ether oxygens (including phenoxy) is 1. The zero-order chi connectivity index (χ0) is 11.3. The van der Waals surface area contributed by atoms with Gasteiger partial charge in [0.05, 0.1) is 13.7 Å². The molecule has 0 fully saturated rings. The molecular weight excluding hydrogens is 198 g/mol. The van der Waals surface area contributed by atoms with E-state index in [1.807, 2.05) is 0 Å². The van der Waals surface area contributed by atoms with Crippen LogP contribution in [0.4, 0.5) is 5.69 Å². The molecule has 1 N–H and O–H groups in total. The number of hydrogen-bond donors (Lipinski definition) is 1. The van der Waals surface area contributed by atoms with Crippen LogP contribution in [0.25, 0.3) is 0 Å². The highest BCUT2D eigenvalue weighted by Gasteiger charge is 2.09. The molecule has 0 atom stereocenters. The van der Waals surface area contributed by atoms with Gasteiger partial charge in [0, 0.05) is 12.0 Å². The Labute approximate surface area is 86.7 Å². The van der Waals surface area contributed by atoms with Crippen LogP contribution < -0.4 is 4.74 Å². The maximum absolute atomic E-state index is 11.4. The van der Waals surface area contributed by atoms with Gasteiger partial charge in [-0.25, -0.2) is 0 Å². The maximum Gasteiger partial charge on any atom is 0.165 e. The maximum atomic E-state index is 11.4. The summed E-state index contributed by atoms with van der Waals surface area (Å²) in [5, 5.41) is 11.4. The Morgan fingerprint density at radius 3 is 2.80 bits per heavy atom. The van der Waals surface area contributed by atoms with Gasteiger partial charge in [-0.15, -0.1) is 4.91 Å². The van der Waals surface area contributed by atoms with E-state index in [9.17, 15) is 9.70 Å². The van der Waals surface area contributed by atoms with E-state index in [2.05, 4.69) is 5.18 Å². The Morgan fingerprint density at radius 2 is 2.27 bits per heavy atom. The van der Waals surface area contributed by atoms with Crippen molar-refractivity contribution < 1.29 is 14.6 Å². The lowest BCUT2D eigenvalue weighted by atomic mass is 10.1. The average Bonchev–Trinajstić information content (AvgIpc) is 2.28. The molecule has 5 heteroatoms. The molecule has 0 aliphatic carbocycles. The predicted molar refractivity (Wildman–Crippen MR) is 54.5 cm³/mol. The van der Waals surface area contributed by atoms with Gasteiger partial charge in [-0.2, -0.15) is 0 Å². The summed E-state index contributed by atoms with van der Waals surface area (Å²) in [5.74, 6) is 0.0574. The minimum absolute atomic E-state index is 0.0526. The number of nitroso groups, excluding NO2 is 1. The van der Waals surface area contributed by atoms with Gasteiger partial charge in [0.25, 0.3) is 0 Å². The van der Waals surface area contributed by atoms with Crippen LogP contribution >= 0.6 is 0 Å². The van der Waals surface area contributed by atoms with Crippen LogP contribution in [0.2, 0.25) is 0 Å². The highest BCUT2D eigenvalue weighted by atomic mass is 16.5. The third-order valence-electron chi connectivity index (χ3n) is 1.94. The lowest BCUT2D eigenvalue weighted by Crippen LogP contribution is -2.01. The summed E-state index contributed by atoms with van der Waals surface area (Å²) in [6, 6.07) is 4.34. The molecule has 0 unspecified atom stereocenters. The molecule has 0 heterocycles. The topological polar surface area (TPSA) is 76.0 Å². The summed E-state index contributed by atoms with van der Waals surface area (Å²) < 4.78 is 4.90. The normalized spacial score (nSPS) is 9.73. The highest BCUT2D eigenvalue weighted by molar-refractivity contribution is 5.97. The third kappa shape index (κ3) is 2.60. The van der Waals surface area contributed by atoms with Crippen LogP contribution in [0.15, 0.2) is 23.4 Å². The van der Waals surface area contributed by atoms with Gasteiger partial charge in [0.15, 0.2) is 5.78 Å². The Hall–Kier alpha value is -1.75. The number of ketones is 1. The van der Waals surface area contributed by atoms with Gasteiger partial charge in [0.1, 0.15) is 11.4 Å². The first kappa shape index (κ1) is 11.3. The molecule has 1 rings (SSSR count). The van der Waals surface area contributed by atoms with E-state index in [0.29, 0.717) is 5.56 Å². The summed E-state index contributed by atoms with van der Waals surface area (Å²) in [6.07, 6.45) is 0.0526. The SMILES string of the molecule is COc1cc(C(=O)CCO)ccc1N=O. The molecule has 5 nitrogen and oxygen atoms in total. The molecule has 0 aliphatic rings. The zero-order valence-corrected chi connectivity index (χ0v) is 8.27. The number of rotatable bonds is 5. The van der Waals surface area contributed by atoms with E-state index in [1.165, 1.54) is 25.3 Å². The smallest absolute Gasteiger partial charge is 0.165 e. The number of nitrogens with zero attached hydrogens (tertiary/aromatic N) is 1. The molecule has 0 saturated heterocycles. The Morgan fingerprint density at radius 1 is 1.53 bits per heavy atom. The molecule has 0 bridgehead atoms. The highest BCUT2D eigenvalue weighted by Crippen LogP contribution is 2.28. The number of aliphatic hydroxyl groups excluding tert-OH is 1. The fourth-order valence-electron chi connectivity index (χ4n) is 1.17. The van der Waals surface area contributed by atoms with Crippen molar-refractivity contribution in [1.82, 2.24) is 0 Å². The second-order valence-corrected chi connectivity index (χ2v) is 2.87. The summed E-state index contributed by atoms with van der Waals surface area (Å²) in [6.45, 7) is -0.200. The van der Waals surface area contributed by atoms with Gasteiger partial charge < -0.3 is 9.84 Å². The van der Waals surface area contributed by atoms with Gasteiger partial charge in [-0.05, 0) is 23.4 Å². The molecule has 15 heavy (non-hydrogen) atoms. The number of hydrogen-bond acceptors (Lipinski definition) is 5. The summed E-state index contributed by atoms with van der Waals surface area (Å²) in [7, 11) is 1.39. The second-order valence-electron chi connectivity index (χ2n) is 2.87. The zero-order valence-electron chi connectivity index (χ0n) is 8.27. The fraction of sp³-hybridized carbons (Fsp3) is 0.300. The number of carbonyl (C=O) groups is 1. The number of benzene rings is 1. The first-order chi connectivity index (χ1) is 7.22. The van der Waals surface area contributed by atoms with Crippen LogP contribution in [-0.2, 0) is 0 Å². The molecular formula is C10H11NO4. The molecule has 0 aliphatic heterocycles. The Bertz CT molecular complexity index is 376. The van der Waals surface area contributed by atoms with Crippen LogP contribution in [-0.4, -0.2) is 24.6 Å². The number of methoxy groups -OCH3 is 1. The van der Waals surface area contributed by atoms with Gasteiger partial charge in [0.2, 0.25) is 0 Å². The molecule has 1 aromatic carbocycles. The van der Waals surface area contributed by atoms with Crippen molar-refractivity contribution in [3.05, 3.63) is 28.7 Å².